The lowest BCUT2D eigenvalue weighted by molar-refractivity contribution is 0.284. The van der Waals surface area contributed by atoms with Crippen molar-refractivity contribution in [3.05, 3.63) is 11.6 Å². The molecule has 0 amide bonds. The monoisotopic (exact) mass is 236 g/mol. The standard InChI is InChI=1S/C17H32/c1-12(2)16-9-8-13(3)10-15(16)11-14(4)17(5,6)7/h11-14,16H,8-10H2,1-7H3/b15-11+/t13-,14+,16+/m1/s1. The van der Waals surface area contributed by atoms with E-state index in [0.29, 0.717) is 11.3 Å². The molecule has 0 spiro atoms. The average Bonchev–Trinajstić information content (AvgIpc) is 2.15. The molecule has 0 heterocycles. The minimum Gasteiger partial charge on any atom is -0.0817 e. The molecule has 0 aromatic heterocycles. The summed E-state index contributed by atoms with van der Waals surface area (Å²) in [7, 11) is 0. The van der Waals surface area contributed by atoms with Crippen LogP contribution in [0, 0.1) is 29.1 Å². The fourth-order valence-electron chi connectivity index (χ4n) is 2.83. The summed E-state index contributed by atoms with van der Waals surface area (Å²) in [5.41, 5.74) is 2.15. The molecule has 1 rings (SSSR count). The highest BCUT2D eigenvalue weighted by Gasteiger charge is 2.27. The first-order valence-electron chi connectivity index (χ1n) is 7.42. The van der Waals surface area contributed by atoms with Crippen molar-refractivity contribution < 1.29 is 0 Å². The van der Waals surface area contributed by atoms with Crippen molar-refractivity contribution in [1.82, 2.24) is 0 Å². The van der Waals surface area contributed by atoms with Gasteiger partial charge in [-0.05, 0) is 48.3 Å². The van der Waals surface area contributed by atoms with E-state index in [1.54, 1.807) is 5.57 Å². The fraction of sp³-hybridized carbons (Fsp3) is 0.882. The molecule has 1 saturated carbocycles. The summed E-state index contributed by atoms with van der Waals surface area (Å²) in [6.07, 6.45) is 6.76. The van der Waals surface area contributed by atoms with E-state index >= 15 is 0 Å². The smallest absolute Gasteiger partial charge is 0.0180 e. The molecule has 0 nitrogen and oxygen atoms in total. The molecule has 0 saturated heterocycles. The minimum absolute atomic E-state index is 0.398. The van der Waals surface area contributed by atoms with Gasteiger partial charge in [0.1, 0.15) is 0 Å². The third kappa shape index (κ3) is 4.16. The van der Waals surface area contributed by atoms with Gasteiger partial charge in [0.15, 0.2) is 0 Å². The van der Waals surface area contributed by atoms with Crippen molar-refractivity contribution >= 4 is 0 Å². The number of allylic oxidation sites excluding steroid dienone is 2. The van der Waals surface area contributed by atoms with Crippen molar-refractivity contribution in [3.63, 3.8) is 0 Å². The van der Waals surface area contributed by atoms with Crippen molar-refractivity contribution in [3.8, 4) is 0 Å². The van der Waals surface area contributed by atoms with Gasteiger partial charge in [-0.25, -0.2) is 0 Å². The summed E-state index contributed by atoms with van der Waals surface area (Å²) in [5, 5.41) is 0. The van der Waals surface area contributed by atoms with Gasteiger partial charge in [0.2, 0.25) is 0 Å². The molecule has 0 aromatic carbocycles. The Balaban J connectivity index is 2.85. The number of hydrogen-bond acceptors (Lipinski definition) is 0. The summed E-state index contributed by atoms with van der Waals surface area (Å²) in [6.45, 7) is 16.6. The minimum atomic E-state index is 0.398. The average molecular weight is 236 g/mol. The normalized spacial score (nSPS) is 30.9. The van der Waals surface area contributed by atoms with Gasteiger partial charge in [-0.3, -0.25) is 0 Å². The molecule has 0 N–H and O–H groups in total. The first kappa shape index (κ1) is 14.8. The van der Waals surface area contributed by atoms with Crippen LogP contribution in [-0.4, -0.2) is 0 Å². The molecular weight excluding hydrogens is 204 g/mol. The zero-order valence-electron chi connectivity index (χ0n) is 13.0. The largest absolute Gasteiger partial charge is 0.0817 e. The maximum Gasteiger partial charge on any atom is -0.0180 e. The Labute approximate surface area is 109 Å². The van der Waals surface area contributed by atoms with Gasteiger partial charge < -0.3 is 0 Å². The summed E-state index contributed by atoms with van der Waals surface area (Å²) in [6, 6.07) is 0. The van der Waals surface area contributed by atoms with Crippen LogP contribution in [0.3, 0.4) is 0 Å². The Morgan fingerprint density at radius 3 is 2.18 bits per heavy atom. The lowest BCUT2D eigenvalue weighted by atomic mass is 9.71. The Kier molecular flexibility index (Phi) is 4.86. The van der Waals surface area contributed by atoms with E-state index in [1.165, 1.54) is 19.3 Å². The first-order chi connectivity index (χ1) is 7.71. The van der Waals surface area contributed by atoms with Crippen LogP contribution in [0.1, 0.15) is 67.7 Å². The van der Waals surface area contributed by atoms with E-state index < -0.39 is 0 Å². The Morgan fingerprint density at radius 1 is 1.12 bits per heavy atom. The number of hydrogen-bond donors (Lipinski definition) is 0. The van der Waals surface area contributed by atoms with Crippen LogP contribution in [-0.2, 0) is 0 Å². The van der Waals surface area contributed by atoms with Crippen LogP contribution in [0.2, 0.25) is 0 Å². The molecule has 100 valence electrons. The summed E-state index contributed by atoms with van der Waals surface area (Å²) in [4.78, 5) is 0. The SMILES string of the molecule is CC(C)[C@@H]1CC[C@@H](C)C/C1=C\[C@H](C)C(C)(C)C. The van der Waals surface area contributed by atoms with Gasteiger partial charge in [0.25, 0.3) is 0 Å². The summed E-state index contributed by atoms with van der Waals surface area (Å²) >= 11 is 0. The van der Waals surface area contributed by atoms with Gasteiger partial charge in [-0.15, -0.1) is 0 Å². The van der Waals surface area contributed by atoms with Crippen molar-refractivity contribution in [2.24, 2.45) is 29.1 Å². The maximum absolute atomic E-state index is 2.60. The number of rotatable bonds is 2. The Morgan fingerprint density at radius 2 is 1.71 bits per heavy atom. The topological polar surface area (TPSA) is 0 Å². The van der Waals surface area contributed by atoms with E-state index in [4.69, 9.17) is 0 Å². The molecule has 3 atom stereocenters. The molecule has 0 unspecified atom stereocenters. The molecule has 1 aliphatic carbocycles. The van der Waals surface area contributed by atoms with Crippen LogP contribution in [0.5, 0.6) is 0 Å². The second-order valence-corrected chi connectivity index (χ2v) is 7.63. The van der Waals surface area contributed by atoms with E-state index in [9.17, 15) is 0 Å². The molecule has 0 bridgehead atoms. The Bertz CT molecular complexity index is 264. The van der Waals surface area contributed by atoms with Crippen LogP contribution in [0.4, 0.5) is 0 Å². The molecule has 1 aliphatic rings. The second kappa shape index (κ2) is 5.59. The predicted molar refractivity (Wildman–Crippen MR) is 78.0 cm³/mol. The zero-order chi connectivity index (χ0) is 13.2. The molecule has 1 fully saturated rings. The van der Waals surface area contributed by atoms with Gasteiger partial charge in [0.05, 0.1) is 0 Å². The van der Waals surface area contributed by atoms with E-state index in [0.717, 1.165) is 17.8 Å². The predicted octanol–water partition coefficient (Wildman–Crippen LogP) is 5.69. The molecule has 0 aromatic rings. The lowest BCUT2D eigenvalue weighted by Gasteiger charge is -2.34. The van der Waals surface area contributed by atoms with Crippen molar-refractivity contribution in [2.75, 3.05) is 0 Å². The highest BCUT2D eigenvalue weighted by atomic mass is 14.3. The van der Waals surface area contributed by atoms with Crippen LogP contribution in [0.15, 0.2) is 11.6 Å². The van der Waals surface area contributed by atoms with E-state index in [2.05, 4.69) is 54.5 Å². The first-order valence-corrected chi connectivity index (χ1v) is 7.42. The van der Waals surface area contributed by atoms with Crippen LogP contribution >= 0.6 is 0 Å². The van der Waals surface area contributed by atoms with Crippen LogP contribution < -0.4 is 0 Å². The summed E-state index contributed by atoms with van der Waals surface area (Å²) in [5.74, 6) is 3.23. The zero-order valence-corrected chi connectivity index (χ0v) is 13.0. The van der Waals surface area contributed by atoms with Crippen molar-refractivity contribution in [2.45, 2.75) is 67.7 Å². The van der Waals surface area contributed by atoms with E-state index in [-0.39, 0.29) is 0 Å². The molecular formula is C17H32. The maximum atomic E-state index is 2.60. The van der Waals surface area contributed by atoms with Gasteiger partial charge >= 0.3 is 0 Å². The van der Waals surface area contributed by atoms with Gasteiger partial charge in [-0.2, -0.15) is 0 Å². The molecule has 0 radical (unpaired) electrons. The van der Waals surface area contributed by atoms with Gasteiger partial charge in [-0.1, -0.05) is 60.1 Å². The second-order valence-electron chi connectivity index (χ2n) is 7.63. The summed E-state index contributed by atoms with van der Waals surface area (Å²) < 4.78 is 0. The highest BCUT2D eigenvalue weighted by Crippen LogP contribution is 2.39. The third-order valence-corrected chi connectivity index (χ3v) is 4.67. The molecule has 17 heavy (non-hydrogen) atoms. The quantitative estimate of drug-likeness (QED) is 0.540. The van der Waals surface area contributed by atoms with Crippen LogP contribution in [0.25, 0.3) is 0 Å². The molecule has 0 heteroatoms. The van der Waals surface area contributed by atoms with Gasteiger partial charge in [0, 0.05) is 0 Å². The highest BCUT2D eigenvalue weighted by molar-refractivity contribution is 5.13. The molecule has 0 aliphatic heterocycles. The van der Waals surface area contributed by atoms with E-state index in [1.807, 2.05) is 0 Å². The fourth-order valence-corrected chi connectivity index (χ4v) is 2.83. The Hall–Kier alpha value is -0.260. The third-order valence-electron chi connectivity index (χ3n) is 4.67. The van der Waals surface area contributed by atoms with Crippen molar-refractivity contribution in [1.29, 1.82) is 0 Å². The lowest BCUT2D eigenvalue weighted by Crippen LogP contribution is -2.23.